The van der Waals surface area contributed by atoms with E-state index in [0.717, 1.165) is 20.7 Å². The third-order valence-electron chi connectivity index (χ3n) is 2.87. The van der Waals surface area contributed by atoms with Crippen LogP contribution in [0, 0.1) is 11.3 Å². The molecular formula is C15H10BrN3S. The van der Waals surface area contributed by atoms with Crippen LogP contribution in [0.3, 0.4) is 0 Å². The highest BCUT2D eigenvalue weighted by Crippen LogP contribution is 2.26. The van der Waals surface area contributed by atoms with Gasteiger partial charge in [0.15, 0.2) is 0 Å². The molecule has 2 aromatic carbocycles. The summed E-state index contributed by atoms with van der Waals surface area (Å²) >= 11 is 5.15. The van der Waals surface area contributed by atoms with E-state index >= 15 is 0 Å². The number of hydrogen-bond donors (Lipinski definition) is 1. The maximum atomic E-state index is 8.84. The van der Waals surface area contributed by atoms with E-state index in [1.807, 2.05) is 24.3 Å². The van der Waals surface area contributed by atoms with Gasteiger partial charge in [0.2, 0.25) is 0 Å². The van der Waals surface area contributed by atoms with Crippen molar-refractivity contribution in [1.82, 2.24) is 4.98 Å². The molecule has 20 heavy (non-hydrogen) atoms. The molecule has 3 nitrogen and oxygen atoms in total. The number of nitrogens with one attached hydrogen (secondary N) is 1. The maximum Gasteiger partial charge on any atom is 0.113 e. The lowest BCUT2D eigenvalue weighted by molar-refractivity contribution is 1.11. The zero-order valence-corrected chi connectivity index (χ0v) is 12.8. The standard InChI is InChI=1S/C15H10BrN3S/c16-11-7-10(8-17)5-6-12(11)18-9-15-19-13-3-1-2-4-14(13)20-15/h1-7,18H,9H2. The molecule has 1 N–H and O–H groups in total. The van der Waals surface area contributed by atoms with Crippen LogP contribution in [0.5, 0.6) is 0 Å². The number of anilines is 1. The number of nitriles is 1. The van der Waals surface area contributed by atoms with E-state index in [-0.39, 0.29) is 0 Å². The smallest absolute Gasteiger partial charge is 0.113 e. The van der Waals surface area contributed by atoms with Crippen molar-refractivity contribution in [3.8, 4) is 6.07 Å². The van der Waals surface area contributed by atoms with Gasteiger partial charge in [0.1, 0.15) is 5.01 Å². The van der Waals surface area contributed by atoms with Crippen LogP contribution in [-0.4, -0.2) is 4.98 Å². The minimum Gasteiger partial charge on any atom is -0.378 e. The summed E-state index contributed by atoms with van der Waals surface area (Å²) in [5.74, 6) is 0. The van der Waals surface area contributed by atoms with E-state index in [1.54, 1.807) is 23.5 Å². The van der Waals surface area contributed by atoms with Crippen molar-refractivity contribution in [3.05, 3.63) is 57.5 Å². The van der Waals surface area contributed by atoms with Crippen molar-refractivity contribution in [2.45, 2.75) is 6.54 Å². The second kappa shape index (κ2) is 5.61. The highest BCUT2D eigenvalue weighted by Gasteiger charge is 2.05. The minimum absolute atomic E-state index is 0.641. The molecule has 1 heterocycles. The normalized spacial score (nSPS) is 10.4. The number of nitrogens with zero attached hydrogens (tertiary/aromatic N) is 2. The van der Waals surface area contributed by atoms with Crippen LogP contribution in [0.1, 0.15) is 10.6 Å². The Kier molecular flexibility index (Phi) is 3.68. The number of aromatic nitrogens is 1. The summed E-state index contributed by atoms with van der Waals surface area (Å²) in [6.07, 6.45) is 0. The summed E-state index contributed by atoms with van der Waals surface area (Å²) in [6.45, 7) is 0.670. The first-order chi connectivity index (χ1) is 9.76. The van der Waals surface area contributed by atoms with Crippen LogP contribution in [0.15, 0.2) is 46.9 Å². The molecule has 3 aromatic rings. The number of halogens is 1. The summed E-state index contributed by atoms with van der Waals surface area (Å²) in [6, 6.07) is 15.7. The fourth-order valence-corrected chi connectivity index (χ4v) is 3.32. The highest BCUT2D eigenvalue weighted by atomic mass is 79.9. The summed E-state index contributed by atoms with van der Waals surface area (Å²) in [7, 11) is 0. The lowest BCUT2D eigenvalue weighted by atomic mass is 10.2. The van der Waals surface area contributed by atoms with Gasteiger partial charge in [0, 0.05) is 10.2 Å². The van der Waals surface area contributed by atoms with Crippen LogP contribution in [0.25, 0.3) is 10.2 Å². The molecule has 1 aromatic heterocycles. The summed E-state index contributed by atoms with van der Waals surface area (Å²) in [4.78, 5) is 4.58. The van der Waals surface area contributed by atoms with E-state index in [1.165, 1.54) is 4.70 Å². The minimum atomic E-state index is 0.641. The van der Waals surface area contributed by atoms with E-state index < -0.39 is 0 Å². The predicted molar refractivity (Wildman–Crippen MR) is 85.8 cm³/mol. The van der Waals surface area contributed by atoms with E-state index in [4.69, 9.17) is 5.26 Å². The van der Waals surface area contributed by atoms with Gasteiger partial charge in [-0.3, -0.25) is 0 Å². The SMILES string of the molecule is N#Cc1ccc(NCc2nc3ccccc3s2)c(Br)c1. The number of rotatable bonds is 3. The first-order valence-corrected chi connectivity index (χ1v) is 7.65. The van der Waals surface area contributed by atoms with Gasteiger partial charge >= 0.3 is 0 Å². The molecule has 5 heteroatoms. The highest BCUT2D eigenvalue weighted by molar-refractivity contribution is 9.10. The first-order valence-electron chi connectivity index (χ1n) is 6.04. The lowest BCUT2D eigenvalue weighted by Crippen LogP contribution is -1.99. The third kappa shape index (κ3) is 2.67. The van der Waals surface area contributed by atoms with Gasteiger partial charge in [0.25, 0.3) is 0 Å². The van der Waals surface area contributed by atoms with Gasteiger partial charge in [-0.05, 0) is 46.3 Å². The van der Waals surface area contributed by atoms with Crippen LogP contribution in [-0.2, 0) is 6.54 Å². The van der Waals surface area contributed by atoms with Crippen molar-refractivity contribution in [3.63, 3.8) is 0 Å². The number of fused-ring (bicyclic) bond motifs is 1. The maximum absolute atomic E-state index is 8.84. The van der Waals surface area contributed by atoms with Crippen LogP contribution < -0.4 is 5.32 Å². The fourth-order valence-electron chi connectivity index (χ4n) is 1.89. The lowest BCUT2D eigenvalue weighted by Gasteiger charge is -2.06. The summed E-state index contributed by atoms with van der Waals surface area (Å²) in [5, 5.41) is 13.2. The predicted octanol–water partition coefficient (Wildman–Crippen LogP) is 4.54. The number of para-hydroxylation sites is 1. The Morgan fingerprint density at radius 3 is 2.85 bits per heavy atom. The van der Waals surface area contributed by atoms with Gasteiger partial charge in [0.05, 0.1) is 28.4 Å². The molecule has 0 bridgehead atoms. The first kappa shape index (κ1) is 13.1. The number of thiazole rings is 1. The molecule has 0 spiro atoms. The average molecular weight is 344 g/mol. The van der Waals surface area contributed by atoms with E-state index in [9.17, 15) is 0 Å². The Bertz CT molecular complexity index is 771. The molecule has 0 atom stereocenters. The van der Waals surface area contributed by atoms with Gasteiger partial charge in [-0.2, -0.15) is 5.26 Å². The molecule has 0 saturated carbocycles. The Hall–Kier alpha value is -1.90. The Labute approximate surface area is 129 Å². The second-order valence-corrected chi connectivity index (χ2v) is 6.20. The molecule has 0 aliphatic carbocycles. The average Bonchev–Trinajstić information content (AvgIpc) is 2.88. The van der Waals surface area contributed by atoms with E-state index in [0.29, 0.717) is 12.1 Å². The topological polar surface area (TPSA) is 48.7 Å². The summed E-state index contributed by atoms with van der Waals surface area (Å²) in [5.41, 5.74) is 2.64. The molecule has 0 fully saturated rings. The molecule has 0 aliphatic heterocycles. The van der Waals surface area contributed by atoms with Crippen molar-refractivity contribution in [1.29, 1.82) is 5.26 Å². The number of hydrogen-bond acceptors (Lipinski definition) is 4. The Morgan fingerprint density at radius 2 is 2.10 bits per heavy atom. The third-order valence-corrected chi connectivity index (χ3v) is 4.56. The second-order valence-electron chi connectivity index (χ2n) is 4.24. The molecule has 3 rings (SSSR count). The van der Waals surface area contributed by atoms with Crippen molar-refractivity contribution in [2.24, 2.45) is 0 Å². The zero-order valence-electron chi connectivity index (χ0n) is 10.4. The van der Waals surface area contributed by atoms with Crippen molar-refractivity contribution >= 4 is 43.2 Å². The fraction of sp³-hybridized carbons (Fsp3) is 0.0667. The van der Waals surface area contributed by atoms with Gasteiger partial charge in [-0.1, -0.05) is 12.1 Å². The van der Waals surface area contributed by atoms with Crippen LogP contribution in [0.4, 0.5) is 5.69 Å². The number of benzene rings is 2. The Morgan fingerprint density at radius 1 is 1.25 bits per heavy atom. The Balaban J connectivity index is 1.77. The van der Waals surface area contributed by atoms with Gasteiger partial charge < -0.3 is 5.32 Å². The molecule has 0 aliphatic rings. The molecule has 98 valence electrons. The molecule has 0 saturated heterocycles. The molecular weight excluding hydrogens is 334 g/mol. The zero-order chi connectivity index (χ0) is 13.9. The van der Waals surface area contributed by atoms with Crippen molar-refractivity contribution in [2.75, 3.05) is 5.32 Å². The van der Waals surface area contributed by atoms with Gasteiger partial charge in [-0.25, -0.2) is 4.98 Å². The van der Waals surface area contributed by atoms with Crippen LogP contribution in [0.2, 0.25) is 0 Å². The van der Waals surface area contributed by atoms with E-state index in [2.05, 4.69) is 38.4 Å². The molecule has 0 unspecified atom stereocenters. The largest absolute Gasteiger partial charge is 0.378 e. The van der Waals surface area contributed by atoms with Crippen LogP contribution >= 0.6 is 27.3 Å². The molecule has 0 amide bonds. The summed E-state index contributed by atoms with van der Waals surface area (Å²) < 4.78 is 2.08. The molecule has 0 radical (unpaired) electrons. The van der Waals surface area contributed by atoms with Gasteiger partial charge in [-0.15, -0.1) is 11.3 Å². The quantitative estimate of drug-likeness (QED) is 0.759. The van der Waals surface area contributed by atoms with Crippen molar-refractivity contribution < 1.29 is 0 Å². The monoisotopic (exact) mass is 343 g/mol.